The SMILES string of the molecule is C[C@@H]1CCCN(C(=O)c2cccc(-c3ccc(S(N)(=O)=O)cc3F)c2)C1. The molecule has 0 unspecified atom stereocenters. The molecule has 1 fully saturated rings. The zero-order valence-electron chi connectivity index (χ0n) is 14.5. The summed E-state index contributed by atoms with van der Waals surface area (Å²) in [5.74, 6) is -0.299. The van der Waals surface area contributed by atoms with Gasteiger partial charge in [0, 0.05) is 24.2 Å². The molecule has 1 amide bonds. The number of sulfonamides is 1. The van der Waals surface area contributed by atoms with Crippen LogP contribution in [-0.2, 0) is 10.0 Å². The second kappa shape index (κ2) is 7.17. The zero-order chi connectivity index (χ0) is 18.9. The third-order valence-corrected chi connectivity index (χ3v) is 5.54. The molecule has 3 rings (SSSR count). The lowest BCUT2D eigenvalue weighted by Crippen LogP contribution is -2.39. The summed E-state index contributed by atoms with van der Waals surface area (Å²) in [6, 6.07) is 10.2. The summed E-state index contributed by atoms with van der Waals surface area (Å²) in [4.78, 5) is 14.3. The number of benzene rings is 2. The maximum absolute atomic E-state index is 14.4. The lowest BCUT2D eigenvalue weighted by atomic mass is 9.98. The first kappa shape index (κ1) is 18.5. The number of nitrogens with two attached hydrogens (primary N) is 1. The largest absolute Gasteiger partial charge is 0.338 e. The number of carbonyl (C=O) groups excluding carboxylic acids is 1. The van der Waals surface area contributed by atoms with Crippen LogP contribution < -0.4 is 5.14 Å². The zero-order valence-corrected chi connectivity index (χ0v) is 15.3. The molecule has 1 atom stereocenters. The summed E-state index contributed by atoms with van der Waals surface area (Å²) >= 11 is 0. The molecule has 1 aliphatic rings. The minimum Gasteiger partial charge on any atom is -0.338 e. The van der Waals surface area contributed by atoms with Crippen LogP contribution in [0.4, 0.5) is 4.39 Å². The molecule has 0 saturated carbocycles. The van der Waals surface area contributed by atoms with Gasteiger partial charge in [0.05, 0.1) is 4.90 Å². The highest BCUT2D eigenvalue weighted by atomic mass is 32.2. The van der Waals surface area contributed by atoms with Crippen molar-refractivity contribution in [3.05, 3.63) is 53.8 Å². The normalized spacial score (nSPS) is 18.0. The van der Waals surface area contributed by atoms with E-state index >= 15 is 0 Å². The van der Waals surface area contributed by atoms with E-state index in [0.717, 1.165) is 32.0 Å². The summed E-state index contributed by atoms with van der Waals surface area (Å²) in [7, 11) is -3.97. The fourth-order valence-corrected chi connectivity index (χ4v) is 3.81. The van der Waals surface area contributed by atoms with E-state index in [2.05, 4.69) is 6.92 Å². The molecule has 1 heterocycles. The number of nitrogens with zero attached hydrogens (tertiary/aromatic N) is 1. The minimum atomic E-state index is -3.97. The Labute approximate surface area is 152 Å². The second-order valence-corrected chi connectivity index (χ2v) is 8.33. The number of amides is 1. The Bertz CT molecular complexity index is 944. The van der Waals surface area contributed by atoms with Crippen molar-refractivity contribution in [1.82, 2.24) is 4.90 Å². The van der Waals surface area contributed by atoms with Gasteiger partial charge in [0.2, 0.25) is 10.0 Å². The molecule has 0 radical (unpaired) electrons. The van der Waals surface area contributed by atoms with Crippen molar-refractivity contribution in [2.24, 2.45) is 11.1 Å². The van der Waals surface area contributed by atoms with Crippen molar-refractivity contribution in [2.45, 2.75) is 24.7 Å². The smallest absolute Gasteiger partial charge is 0.253 e. The van der Waals surface area contributed by atoms with E-state index < -0.39 is 15.8 Å². The summed E-state index contributed by atoms with van der Waals surface area (Å²) < 4.78 is 37.1. The van der Waals surface area contributed by atoms with Crippen LogP contribution in [0, 0.1) is 11.7 Å². The van der Waals surface area contributed by atoms with Crippen molar-refractivity contribution >= 4 is 15.9 Å². The molecule has 2 aromatic carbocycles. The molecular weight excluding hydrogens is 355 g/mol. The van der Waals surface area contributed by atoms with Gasteiger partial charge in [-0.15, -0.1) is 0 Å². The second-order valence-electron chi connectivity index (χ2n) is 6.77. The fraction of sp³-hybridized carbons (Fsp3) is 0.316. The van der Waals surface area contributed by atoms with Gasteiger partial charge in [0.15, 0.2) is 0 Å². The van der Waals surface area contributed by atoms with Gasteiger partial charge >= 0.3 is 0 Å². The Morgan fingerprint density at radius 1 is 1.23 bits per heavy atom. The Morgan fingerprint density at radius 3 is 2.65 bits per heavy atom. The summed E-state index contributed by atoms with van der Waals surface area (Å²) in [6.45, 7) is 3.57. The topological polar surface area (TPSA) is 80.5 Å². The van der Waals surface area contributed by atoms with Crippen LogP contribution in [0.25, 0.3) is 11.1 Å². The average Bonchev–Trinajstić information content (AvgIpc) is 2.60. The summed E-state index contributed by atoms with van der Waals surface area (Å²) in [6.07, 6.45) is 2.10. The van der Waals surface area contributed by atoms with E-state index in [4.69, 9.17) is 5.14 Å². The quantitative estimate of drug-likeness (QED) is 0.894. The molecule has 0 aliphatic carbocycles. The van der Waals surface area contributed by atoms with Crippen LogP contribution in [0.3, 0.4) is 0 Å². The van der Waals surface area contributed by atoms with Crippen molar-refractivity contribution in [3.63, 3.8) is 0 Å². The highest BCUT2D eigenvalue weighted by Gasteiger charge is 2.22. The van der Waals surface area contributed by atoms with Gasteiger partial charge in [-0.1, -0.05) is 25.1 Å². The number of rotatable bonds is 3. The number of halogens is 1. The van der Waals surface area contributed by atoms with E-state index in [9.17, 15) is 17.6 Å². The number of piperidine rings is 1. The number of likely N-dealkylation sites (tertiary alicyclic amines) is 1. The van der Waals surface area contributed by atoms with E-state index in [1.807, 2.05) is 4.90 Å². The maximum Gasteiger partial charge on any atom is 0.253 e. The Balaban J connectivity index is 1.91. The van der Waals surface area contributed by atoms with Crippen LogP contribution in [0.15, 0.2) is 47.4 Å². The molecule has 5 nitrogen and oxygen atoms in total. The molecule has 0 bridgehead atoms. The van der Waals surface area contributed by atoms with Crippen molar-refractivity contribution in [1.29, 1.82) is 0 Å². The Morgan fingerprint density at radius 2 is 2.00 bits per heavy atom. The Kier molecular flexibility index (Phi) is 5.11. The predicted molar refractivity (Wildman–Crippen MR) is 97.5 cm³/mol. The van der Waals surface area contributed by atoms with Gasteiger partial charge in [0.1, 0.15) is 5.82 Å². The molecule has 138 valence electrons. The number of hydrogen-bond donors (Lipinski definition) is 1. The maximum atomic E-state index is 14.4. The minimum absolute atomic E-state index is 0.0695. The fourth-order valence-electron chi connectivity index (χ4n) is 3.28. The summed E-state index contributed by atoms with van der Waals surface area (Å²) in [5.41, 5.74) is 1.23. The molecule has 2 N–H and O–H groups in total. The third kappa shape index (κ3) is 3.94. The summed E-state index contributed by atoms with van der Waals surface area (Å²) in [5, 5.41) is 5.03. The molecular formula is C19H21FN2O3S. The lowest BCUT2D eigenvalue weighted by Gasteiger charge is -2.31. The molecule has 1 saturated heterocycles. The van der Waals surface area contributed by atoms with Gasteiger partial charge in [-0.25, -0.2) is 17.9 Å². The van der Waals surface area contributed by atoms with Crippen molar-refractivity contribution in [2.75, 3.05) is 13.1 Å². The van der Waals surface area contributed by atoms with Gasteiger partial charge in [-0.05, 0) is 48.6 Å². The van der Waals surface area contributed by atoms with Crippen LogP contribution in [0.1, 0.15) is 30.1 Å². The number of primary sulfonamides is 1. The average molecular weight is 376 g/mol. The third-order valence-electron chi connectivity index (χ3n) is 4.63. The molecule has 0 aromatic heterocycles. The van der Waals surface area contributed by atoms with Crippen LogP contribution in [0.2, 0.25) is 0 Å². The first-order chi connectivity index (χ1) is 12.3. The predicted octanol–water partition coefficient (Wildman–Crippen LogP) is 3.01. The molecule has 26 heavy (non-hydrogen) atoms. The van der Waals surface area contributed by atoms with E-state index in [0.29, 0.717) is 17.0 Å². The molecule has 2 aromatic rings. The van der Waals surface area contributed by atoms with Crippen molar-refractivity contribution < 1.29 is 17.6 Å². The van der Waals surface area contributed by atoms with Crippen LogP contribution in [0.5, 0.6) is 0 Å². The van der Waals surface area contributed by atoms with Crippen molar-refractivity contribution in [3.8, 4) is 11.1 Å². The first-order valence-corrected chi connectivity index (χ1v) is 10.0. The number of hydrogen-bond acceptors (Lipinski definition) is 3. The highest BCUT2D eigenvalue weighted by Crippen LogP contribution is 2.26. The van der Waals surface area contributed by atoms with Crippen LogP contribution in [-0.4, -0.2) is 32.3 Å². The van der Waals surface area contributed by atoms with E-state index in [-0.39, 0.29) is 16.4 Å². The standard InChI is InChI=1S/C19H21FN2O3S/c1-13-4-3-9-22(12-13)19(23)15-6-2-5-14(10-15)17-8-7-16(11-18(17)20)26(21,24)25/h2,5-8,10-11,13H,3-4,9,12H2,1H3,(H2,21,24,25)/t13-/m1/s1. The molecule has 0 spiro atoms. The van der Waals surface area contributed by atoms with Crippen LogP contribution >= 0.6 is 0 Å². The van der Waals surface area contributed by atoms with Gasteiger partial charge in [-0.3, -0.25) is 4.79 Å². The van der Waals surface area contributed by atoms with Gasteiger partial charge in [-0.2, -0.15) is 0 Å². The van der Waals surface area contributed by atoms with E-state index in [1.165, 1.54) is 12.1 Å². The monoisotopic (exact) mass is 376 g/mol. The first-order valence-electron chi connectivity index (χ1n) is 8.48. The lowest BCUT2D eigenvalue weighted by molar-refractivity contribution is 0.0683. The molecule has 7 heteroatoms. The molecule has 1 aliphatic heterocycles. The highest BCUT2D eigenvalue weighted by molar-refractivity contribution is 7.89. The number of carbonyl (C=O) groups is 1. The van der Waals surface area contributed by atoms with Gasteiger partial charge < -0.3 is 4.90 Å². The van der Waals surface area contributed by atoms with E-state index in [1.54, 1.807) is 24.3 Å². The Hall–Kier alpha value is -2.25. The van der Waals surface area contributed by atoms with Gasteiger partial charge in [0.25, 0.3) is 5.91 Å².